The third-order valence-corrected chi connectivity index (χ3v) is 4.79. The molecule has 1 aliphatic carbocycles. The highest BCUT2D eigenvalue weighted by Gasteiger charge is 2.30. The maximum Gasteiger partial charge on any atom is 0.212 e. The average Bonchev–Trinajstić information content (AvgIpc) is 2.39. The molecule has 20 heavy (non-hydrogen) atoms. The molecule has 2 aromatic rings. The fourth-order valence-corrected chi connectivity index (χ4v) is 3.64. The summed E-state index contributed by atoms with van der Waals surface area (Å²) in [6.07, 6.45) is 5.95. The second kappa shape index (κ2) is 4.73. The molecule has 0 N–H and O–H groups in total. The molecule has 0 spiro atoms. The van der Waals surface area contributed by atoms with E-state index in [-0.39, 0.29) is 0 Å². The number of benzene rings is 1. The summed E-state index contributed by atoms with van der Waals surface area (Å²) in [5.41, 5.74) is 7.61. The molecule has 1 heteroatoms. The van der Waals surface area contributed by atoms with Crippen molar-refractivity contribution in [3.05, 3.63) is 53.2 Å². The van der Waals surface area contributed by atoms with Crippen molar-refractivity contribution >= 4 is 0 Å². The molecular formula is C19H24N+. The van der Waals surface area contributed by atoms with Crippen LogP contribution in [0.2, 0.25) is 0 Å². The molecule has 0 bridgehead atoms. The Morgan fingerprint density at radius 2 is 1.90 bits per heavy atom. The van der Waals surface area contributed by atoms with Gasteiger partial charge >= 0.3 is 0 Å². The number of fused-ring (bicyclic) bond motifs is 1. The van der Waals surface area contributed by atoms with Crippen LogP contribution in [0.25, 0.3) is 11.3 Å². The van der Waals surface area contributed by atoms with E-state index in [4.69, 9.17) is 0 Å². The zero-order valence-electron chi connectivity index (χ0n) is 13.0. The second-order valence-corrected chi connectivity index (χ2v) is 6.72. The molecule has 0 radical (unpaired) electrons. The van der Waals surface area contributed by atoms with Gasteiger partial charge in [0.15, 0.2) is 6.20 Å². The lowest BCUT2D eigenvalue weighted by molar-refractivity contribution is -0.660. The first kappa shape index (κ1) is 13.4. The van der Waals surface area contributed by atoms with Gasteiger partial charge in [0.25, 0.3) is 0 Å². The first-order valence-electron chi connectivity index (χ1n) is 7.59. The minimum Gasteiger partial charge on any atom is -0.201 e. The minimum atomic E-state index is 0.309. The number of hydrogen-bond acceptors (Lipinski definition) is 0. The quantitative estimate of drug-likeness (QED) is 0.684. The zero-order valence-corrected chi connectivity index (χ0v) is 13.0. The third-order valence-electron chi connectivity index (χ3n) is 4.79. The Morgan fingerprint density at radius 1 is 1.10 bits per heavy atom. The Morgan fingerprint density at radius 3 is 2.65 bits per heavy atom. The van der Waals surface area contributed by atoms with Crippen molar-refractivity contribution in [1.82, 2.24) is 0 Å². The van der Waals surface area contributed by atoms with Gasteiger partial charge in [0.1, 0.15) is 7.05 Å². The van der Waals surface area contributed by atoms with Crippen LogP contribution in [0.1, 0.15) is 43.4 Å². The predicted octanol–water partition coefficient (Wildman–Crippen LogP) is 4.10. The average molecular weight is 266 g/mol. The summed E-state index contributed by atoms with van der Waals surface area (Å²) in [6.45, 7) is 7.01. The summed E-state index contributed by atoms with van der Waals surface area (Å²) < 4.78 is 2.24. The number of aromatic nitrogens is 1. The summed E-state index contributed by atoms with van der Waals surface area (Å²) in [5.74, 6) is 0. The molecule has 0 amide bonds. The van der Waals surface area contributed by atoms with Crippen molar-refractivity contribution < 1.29 is 4.57 Å². The van der Waals surface area contributed by atoms with Gasteiger partial charge in [0, 0.05) is 12.1 Å². The summed E-state index contributed by atoms with van der Waals surface area (Å²) in [5, 5.41) is 0. The van der Waals surface area contributed by atoms with Crippen LogP contribution in [0.4, 0.5) is 0 Å². The van der Waals surface area contributed by atoms with Gasteiger partial charge in [-0.3, -0.25) is 0 Å². The first-order valence-corrected chi connectivity index (χ1v) is 7.59. The summed E-state index contributed by atoms with van der Waals surface area (Å²) in [7, 11) is 2.14. The molecule has 1 aromatic carbocycles. The number of hydrogen-bond donors (Lipinski definition) is 0. The van der Waals surface area contributed by atoms with Crippen molar-refractivity contribution in [2.45, 2.75) is 45.4 Å². The van der Waals surface area contributed by atoms with Crippen molar-refractivity contribution in [2.75, 3.05) is 0 Å². The number of rotatable bonds is 1. The number of aryl methyl sites for hydroxylation is 2. The standard InChI is InChI=1S/C19H24N/c1-14-10-11-16-15(8-7-12-19(16,2)3)18(14)17-9-5-6-13-20(17)4/h5-6,9-11,13H,7-8,12H2,1-4H3/q+1. The fourth-order valence-electron chi connectivity index (χ4n) is 3.64. The Kier molecular flexibility index (Phi) is 3.16. The monoisotopic (exact) mass is 266 g/mol. The van der Waals surface area contributed by atoms with Crippen LogP contribution < -0.4 is 4.57 Å². The van der Waals surface area contributed by atoms with Crippen LogP contribution >= 0.6 is 0 Å². The van der Waals surface area contributed by atoms with Crippen LogP contribution in [0.15, 0.2) is 36.5 Å². The summed E-state index contributed by atoms with van der Waals surface area (Å²) in [4.78, 5) is 0. The van der Waals surface area contributed by atoms with Gasteiger partial charge in [-0.15, -0.1) is 0 Å². The van der Waals surface area contributed by atoms with Gasteiger partial charge in [-0.25, -0.2) is 4.57 Å². The summed E-state index contributed by atoms with van der Waals surface area (Å²) in [6, 6.07) is 11.1. The van der Waals surface area contributed by atoms with E-state index in [0.717, 1.165) is 0 Å². The van der Waals surface area contributed by atoms with Crippen molar-refractivity contribution in [2.24, 2.45) is 7.05 Å². The molecule has 0 fully saturated rings. The van der Waals surface area contributed by atoms with E-state index >= 15 is 0 Å². The van der Waals surface area contributed by atoms with Crippen molar-refractivity contribution in [3.8, 4) is 11.3 Å². The largest absolute Gasteiger partial charge is 0.212 e. The molecule has 1 heterocycles. The zero-order chi connectivity index (χ0) is 14.3. The maximum atomic E-state index is 2.38. The Hall–Kier alpha value is -1.63. The highest BCUT2D eigenvalue weighted by molar-refractivity contribution is 5.68. The smallest absolute Gasteiger partial charge is 0.201 e. The minimum absolute atomic E-state index is 0.309. The Labute approximate surface area is 122 Å². The van der Waals surface area contributed by atoms with E-state index in [2.05, 4.69) is 68.9 Å². The van der Waals surface area contributed by atoms with Crippen molar-refractivity contribution in [3.63, 3.8) is 0 Å². The lowest BCUT2D eigenvalue weighted by Crippen LogP contribution is -2.32. The third kappa shape index (κ3) is 2.06. The molecular weight excluding hydrogens is 242 g/mol. The molecule has 104 valence electrons. The molecule has 3 rings (SSSR count). The van der Waals surface area contributed by atoms with Crippen molar-refractivity contribution in [1.29, 1.82) is 0 Å². The second-order valence-electron chi connectivity index (χ2n) is 6.72. The lowest BCUT2D eigenvalue weighted by Gasteiger charge is -2.34. The van der Waals surface area contributed by atoms with E-state index in [1.165, 1.54) is 36.1 Å². The SMILES string of the molecule is Cc1ccc2c(c1-c1cccc[n+]1C)CCCC2(C)C. The molecule has 0 saturated carbocycles. The van der Waals surface area contributed by atoms with Crippen LogP contribution in [0.5, 0.6) is 0 Å². The van der Waals surface area contributed by atoms with Gasteiger partial charge < -0.3 is 0 Å². The molecule has 1 aromatic heterocycles. The first-order chi connectivity index (χ1) is 9.50. The highest BCUT2D eigenvalue weighted by Crippen LogP contribution is 2.41. The van der Waals surface area contributed by atoms with E-state index in [0.29, 0.717) is 5.41 Å². The van der Waals surface area contributed by atoms with Crippen LogP contribution in [0, 0.1) is 6.92 Å². The number of pyridine rings is 1. The maximum absolute atomic E-state index is 2.38. The van der Waals surface area contributed by atoms with E-state index in [1.54, 1.807) is 11.1 Å². The Bertz CT molecular complexity index is 653. The fraction of sp³-hybridized carbons (Fsp3) is 0.421. The van der Waals surface area contributed by atoms with Gasteiger partial charge in [0.05, 0.1) is 5.56 Å². The molecule has 0 aliphatic heterocycles. The van der Waals surface area contributed by atoms with Crippen LogP contribution in [0.3, 0.4) is 0 Å². The van der Waals surface area contributed by atoms with E-state index in [1.807, 2.05) is 0 Å². The Balaban J connectivity index is 2.29. The van der Waals surface area contributed by atoms with Crippen LogP contribution in [-0.4, -0.2) is 0 Å². The normalized spacial score (nSPS) is 16.8. The van der Waals surface area contributed by atoms with E-state index in [9.17, 15) is 0 Å². The summed E-state index contributed by atoms with van der Waals surface area (Å²) >= 11 is 0. The molecule has 1 aliphatic rings. The molecule has 0 saturated heterocycles. The predicted molar refractivity (Wildman–Crippen MR) is 83.8 cm³/mol. The molecule has 0 unspecified atom stereocenters. The van der Waals surface area contributed by atoms with Gasteiger partial charge in [-0.2, -0.15) is 0 Å². The van der Waals surface area contributed by atoms with Gasteiger partial charge in [-0.05, 0) is 54.4 Å². The topological polar surface area (TPSA) is 3.88 Å². The van der Waals surface area contributed by atoms with E-state index < -0.39 is 0 Å². The highest BCUT2D eigenvalue weighted by atomic mass is 14.9. The lowest BCUT2D eigenvalue weighted by atomic mass is 9.70. The molecule has 1 nitrogen and oxygen atoms in total. The van der Waals surface area contributed by atoms with Gasteiger partial charge in [-0.1, -0.05) is 26.0 Å². The van der Waals surface area contributed by atoms with Crippen LogP contribution in [-0.2, 0) is 18.9 Å². The van der Waals surface area contributed by atoms with Gasteiger partial charge in [0.2, 0.25) is 5.69 Å². The molecule has 0 atom stereocenters. The number of nitrogens with zero attached hydrogens (tertiary/aromatic N) is 1.